The zero-order valence-electron chi connectivity index (χ0n) is 13.5. The summed E-state index contributed by atoms with van der Waals surface area (Å²) in [5.41, 5.74) is 1.22. The number of anilines is 1. The van der Waals surface area contributed by atoms with Gasteiger partial charge in [0.2, 0.25) is 11.8 Å². The van der Waals surface area contributed by atoms with Crippen LogP contribution in [0.1, 0.15) is 25.1 Å². The second-order valence-electron chi connectivity index (χ2n) is 5.13. The number of nitrogens with zero attached hydrogens (tertiary/aromatic N) is 3. The zero-order chi connectivity index (χ0) is 18.0. The van der Waals surface area contributed by atoms with Crippen molar-refractivity contribution in [1.29, 1.82) is 0 Å². The molecule has 0 saturated carbocycles. The van der Waals surface area contributed by atoms with E-state index in [-0.39, 0.29) is 17.5 Å². The maximum atomic E-state index is 12.0. The van der Waals surface area contributed by atoms with Crippen LogP contribution in [0.4, 0.5) is 5.13 Å². The van der Waals surface area contributed by atoms with Gasteiger partial charge in [0, 0.05) is 18.8 Å². The van der Waals surface area contributed by atoms with Crippen LogP contribution in [0, 0.1) is 0 Å². The molecule has 0 radical (unpaired) electrons. The summed E-state index contributed by atoms with van der Waals surface area (Å²) >= 11 is 7.43. The fourth-order valence-corrected chi connectivity index (χ4v) is 3.36. The van der Waals surface area contributed by atoms with Gasteiger partial charge in [-0.15, -0.1) is 11.3 Å². The first-order valence-corrected chi connectivity index (χ1v) is 8.76. The Morgan fingerprint density at radius 1 is 1.40 bits per heavy atom. The summed E-state index contributed by atoms with van der Waals surface area (Å²) in [5, 5.41) is 2.78. The quantitative estimate of drug-likeness (QED) is 0.605. The highest BCUT2D eigenvalue weighted by Crippen LogP contribution is 2.26. The van der Waals surface area contributed by atoms with Gasteiger partial charge in [0.15, 0.2) is 10.8 Å². The minimum atomic E-state index is -0.566. The molecule has 1 aromatic carbocycles. The molecule has 1 amide bonds. The van der Waals surface area contributed by atoms with Crippen molar-refractivity contribution in [3.05, 3.63) is 51.6 Å². The molecule has 0 saturated heterocycles. The Labute approximate surface area is 153 Å². The second-order valence-corrected chi connectivity index (χ2v) is 6.38. The summed E-state index contributed by atoms with van der Waals surface area (Å²) in [7, 11) is 0. The van der Waals surface area contributed by atoms with Gasteiger partial charge in [-0.3, -0.25) is 9.69 Å². The van der Waals surface area contributed by atoms with Crippen LogP contribution in [0.5, 0.6) is 0 Å². The lowest BCUT2D eigenvalue weighted by atomic mass is 10.2. The van der Waals surface area contributed by atoms with Crippen LogP contribution in [0.15, 0.2) is 40.3 Å². The molecule has 0 atom stereocenters. The predicted molar refractivity (Wildman–Crippen MR) is 97.9 cm³/mol. The molecule has 0 N–H and O–H groups in total. The van der Waals surface area contributed by atoms with Gasteiger partial charge in [-0.05, 0) is 25.1 Å². The molecule has 1 aromatic heterocycles. The second kappa shape index (κ2) is 7.16. The Hall–Kier alpha value is -2.51. The largest absolute Gasteiger partial charge is 0.402 e. The number of benzene rings is 1. The Morgan fingerprint density at radius 3 is 2.84 bits per heavy atom. The standard InChI is InChI=1S/C17H14ClN3O3S/c1-3-21(10(2)22)17-19-11(9-25-17)8-14-16(23)24-15(20-14)12-6-4-5-7-13(12)18/h4-9H,3H2,1-2H3/b14-8-. The fraction of sp³-hybridized carbons (Fsp3) is 0.176. The third-order valence-electron chi connectivity index (χ3n) is 3.45. The number of amides is 1. The first kappa shape index (κ1) is 17.3. The number of esters is 1. The lowest BCUT2D eigenvalue weighted by molar-refractivity contribution is -0.130. The molecule has 0 unspecified atom stereocenters. The van der Waals surface area contributed by atoms with E-state index in [4.69, 9.17) is 16.3 Å². The molecule has 0 aliphatic carbocycles. The molecule has 2 aromatic rings. The van der Waals surface area contributed by atoms with Crippen molar-refractivity contribution in [2.24, 2.45) is 4.99 Å². The average Bonchev–Trinajstić information content (AvgIpc) is 3.16. The summed E-state index contributed by atoms with van der Waals surface area (Å²) in [6, 6.07) is 6.99. The van der Waals surface area contributed by atoms with E-state index in [0.717, 1.165) is 0 Å². The summed E-state index contributed by atoms with van der Waals surface area (Å²) < 4.78 is 5.20. The van der Waals surface area contributed by atoms with Crippen LogP contribution >= 0.6 is 22.9 Å². The topological polar surface area (TPSA) is 71.9 Å². The van der Waals surface area contributed by atoms with E-state index in [2.05, 4.69) is 9.98 Å². The summed E-state index contributed by atoms with van der Waals surface area (Å²) in [5.74, 6) is -0.491. The number of carbonyl (C=O) groups excluding carboxylic acids is 2. The predicted octanol–water partition coefficient (Wildman–Crippen LogP) is 3.51. The van der Waals surface area contributed by atoms with E-state index >= 15 is 0 Å². The van der Waals surface area contributed by atoms with Gasteiger partial charge in [0.25, 0.3) is 0 Å². The summed E-state index contributed by atoms with van der Waals surface area (Å²) in [4.78, 5) is 33.7. The first-order chi connectivity index (χ1) is 12.0. The van der Waals surface area contributed by atoms with Crippen LogP contribution in [0.25, 0.3) is 6.08 Å². The van der Waals surface area contributed by atoms with E-state index in [9.17, 15) is 9.59 Å². The maximum Gasteiger partial charge on any atom is 0.363 e. The number of thiazole rings is 1. The van der Waals surface area contributed by atoms with Crippen molar-refractivity contribution in [2.45, 2.75) is 13.8 Å². The molecule has 1 aliphatic rings. The molecule has 3 rings (SSSR count). The molecule has 0 fully saturated rings. The van der Waals surface area contributed by atoms with Gasteiger partial charge in [0.05, 0.1) is 16.3 Å². The van der Waals surface area contributed by atoms with Gasteiger partial charge in [-0.2, -0.15) is 0 Å². The Morgan fingerprint density at radius 2 is 2.16 bits per heavy atom. The molecule has 0 spiro atoms. The number of ether oxygens (including phenoxy) is 1. The van der Waals surface area contributed by atoms with E-state index in [1.54, 1.807) is 34.5 Å². The van der Waals surface area contributed by atoms with Crippen LogP contribution < -0.4 is 4.90 Å². The molecule has 1 aliphatic heterocycles. The maximum absolute atomic E-state index is 12.0. The molecular weight excluding hydrogens is 362 g/mol. The van der Waals surface area contributed by atoms with Crippen molar-refractivity contribution < 1.29 is 14.3 Å². The van der Waals surface area contributed by atoms with E-state index in [1.165, 1.54) is 24.3 Å². The summed E-state index contributed by atoms with van der Waals surface area (Å²) in [6.07, 6.45) is 1.53. The Bertz CT molecular complexity index is 904. The molecule has 0 bridgehead atoms. The smallest absolute Gasteiger partial charge is 0.363 e. The van der Waals surface area contributed by atoms with E-state index in [0.29, 0.717) is 28.0 Å². The molecular formula is C17H14ClN3O3S. The lowest BCUT2D eigenvalue weighted by Crippen LogP contribution is -2.27. The third kappa shape index (κ3) is 3.62. The Balaban J connectivity index is 1.89. The number of hydrogen-bond acceptors (Lipinski definition) is 6. The van der Waals surface area contributed by atoms with Crippen LogP contribution in [0.2, 0.25) is 5.02 Å². The van der Waals surface area contributed by atoms with Crippen LogP contribution in [-0.4, -0.2) is 29.3 Å². The number of hydrogen-bond donors (Lipinski definition) is 0. The highest BCUT2D eigenvalue weighted by molar-refractivity contribution is 7.14. The van der Waals surface area contributed by atoms with Crippen molar-refractivity contribution in [3.63, 3.8) is 0 Å². The Kier molecular flexibility index (Phi) is 4.96. The van der Waals surface area contributed by atoms with Gasteiger partial charge in [0.1, 0.15) is 0 Å². The summed E-state index contributed by atoms with van der Waals surface area (Å²) in [6.45, 7) is 3.88. The molecule has 2 heterocycles. The monoisotopic (exact) mass is 375 g/mol. The molecule has 25 heavy (non-hydrogen) atoms. The number of cyclic esters (lactones) is 1. The average molecular weight is 376 g/mol. The van der Waals surface area contributed by atoms with Crippen LogP contribution in [0.3, 0.4) is 0 Å². The van der Waals surface area contributed by atoms with Crippen molar-refractivity contribution in [3.8, 4) is 0 Å². The molecule has 8 heteroatoms. The highest BCUT2D eigenvalue weighted by atomic mass is 35.5. The molecule has 6 nitrogen and oxygen atoms in total. The number of aromatic nitrogens is 1. The number of halogens is 1. The van der Waals surface area contributed by atoms with Gasteiger partial charge < -0.3 is 4.74 Å². The molecule has 128 valence electrons. The third-order valence-corrected chi connectivity index (χ3v) is 4.66. The van der Waals surface area contributed by atoms with Crippen molar-refractivity contribution >= 4 is 51.9 Å². The van der Waals surface area contributed by atoms with Crippen molar-refractivity contribution in [1.82, 2.24) is 4.98 Å². The lowest BCUT2D eigenvalue weighted by Gasteiger charge is -2.14. The minimum Gasteiger partial charge on any atom is -0.402 e. The van der Waals surface area contributed by atoms with E-state index < -0.39 is 5.97 Å². The number of carbonyl (C=O) groups is 2. The highest BCUT2D eigenvalue weighted by Gasteiger charge is 2.26. The van der Waals surface area contributed by atoms with Gasteiger partial charge in [-0.1, -0.05) is 23.7 Å². The SMILES string of the molecule is CCN(C(C)=O)c1nc(/C=C2\N=C(c3ccccc3Cl)OC2=O)cs1. The number of aliphatic imine (C=N–C) groups is 1. The minimum absolute atomic E-state index is 0.0876. The van der Waals surface area contributed by atoms with Crippen LogP contribution in [-0.2, 0) is 14.3 Å². The van der Waals surface area contributed by atoms with Gasteiger partial charge >= 0.3 is 5.97 Å². The normalized spacial score (nSPS) is 15.2. The zero-order valence-corrected chi connectivity index (χ0v) is 15.1. The first-order valence-electron chi connectivity index (χ1n) is 7.50. The fourth-order valence-electron chi connectivity index (χ4n) is 2.26. The number of rotatable bonds is 4. The van der Waals surface area contributed by atoms with Crippen molar-refractivity contribution in [2.75, 3.05) is 11.4 Å². The van der Waals surface area contributed by atoms with E-state index in [1.807, 2.05) is 6.92 Å². The van der Waals surface area contributed by atoms with Gasteiger partial charge in [-0.25, -0.2) is 14.8 Å².